The molecule has 36 heavy (non-hydrogen) atoms. The summed E-state index contributed by atoms with van der Waals surface area (Å²) in [7, 11) is 0. The number of carbonyl (C=O) groups excluding carboxylic acids is 2. The first-order valence-corrected chi connectivity index (χ1v) is 13.0. The predicted octanol–water partition coefficient (Wildman–Crippen LogP) is 6.28. The van der Waals surface area contributed by atoms with Gasteiger partial charge in [-0.1, -0.05) is 36.4 Å². The van der Waals surface area contributed by atoms with E-state index in [1.165, 1.54) is 11.1 Å². The molecule has 4 unspecified atom stereocenters. The van der Waals surface area contributed by atoms with Crippen LogP contribution in [0, 0.1) is 45.4 Å². The molecule has 2 saturated carbocycles. The van der Waals surface area contributed by atoms with E-state index in [1.54, 1.807) is 0 Å². The van der Waals surface area contributed by atoms with Gasteiger partial charge < -0.3 is 9.47 Å². The summed E-state index contributed by atoms with van der Waals surface area (Å²) < 4.78 is 12.4. The third kappa shape index (κ3) is 3.66. The van der Waals surface area contributed by atoms with Crippen LogP contribution in [-0.2, 0) is 15.9 Å². The summed E-state index contributed by atoms with van der Waals surface area (Å²) in [6, 6.07) is 19.9. The van der Waals surface area contributed by atoms with Gasteiger partial charge in [0.1, 0.15) is 12.2 Å². The molecule has 0 saturated heterocycles. The van der Waals surface area contributed by atoms with E-state index in [1.807, 2.05) is 64.1 Å². The number of ether oxygens (including phenoxy) is 2. The number of hydrogen-bond acceptors (Lipinski definition) is 4. The average Bonchev–Trinajstić information content (AvgIpc) is 3.52. The van der Waals surface area contributed by atoms with Gasteiger partial charge in [-0.05, 0) is 110 Å². The van der Waals surface area contributed by atoms with Crippen molar-refractivity contribution < 1.29 is 19.1 Å². The molecule has 0 amide bonds. The van der Waals surface area contributed by atoms with E-state index in [0.717, 1.165) is 35.1 Å². The lowest BCUT2D eigenvalue weighted by Crippen LogP contribution is -2.45. The highest BCUT2D eigenvalue weighted by Gasteiger charge is 2.63. The smallest absolute Gasteiger partial charge is 0.338 e. The van der Waals surface area contributed by atoms with Gasteiger partial charge in [-0.15, -0.1) is 0 Å². The van der Waals surface area contributed by atoms with Gasteiger partial charge in [0.15, 0.2) is 0 Å². The maximum atomic E-state index is 13.3. The van der Waals surface area contributed by atoms with E-state index in [2.05, 4.69) is 24.3 Å². The maximum Gasteiger partial charge on any atom is 0.338 e. The normalized spacial score (nSPS) is 27.4. The van der Waals surface area contributed by atoms with Crippen LogP contribution in [0.5, 0.6) is 0 Å². The van der Waals surface area contributed by atoms with E-state index >= 15 is 0 Å². The Bertz CT molecular complexity index is 1370. The molecule has 3 aromatic carbocycles. The molecular weight excluding hydrogens is 448 g/mol. The first-order valence-electron chi connectivity index (χ1n) is 13.0. The molecule has 6 rings (SSSR count). The molecule has 0 heterocycles. The summed E-state index contributed by atoms with van der Waals surface area (Å²) in [6.45, 7) is 8.05. The van der Waals surface area contributed by atoms with Crippen LogP contribution in [0.4, 0.5) is 0 Å². The Morgan fingerprint density at radius 1 is 0.667 bits per heavy atom. The van der Waals surface area contributed by atoms with Crippen molar-refractivity contribution in [3.8, 4) is 0 Å². The quantitative estimate of drug-likeness (QED) is 0.413. The number of benzene rings is 3. The van der Waals surface area contributed by atoms with E-state index in [-0.39, 0.29) is 23.8 Å². The van der Waals surface area contributed by atoms with Gasteiger partial charge in [0.25, 0.3) is 0 Å². The van der Waals surface area contributed by atoms with Crippen LogP contribution in [-0.4, -0.2) is 24.1 Å². The van der Waals surface area contributed by atoms with Crippen LogP contribution >= 0.6 is 0 Å². The molecule has 0 spiro atoms. The second-order valence-electron chi connectivity index (χ2n) is 11.0. The molecule has 0 N–H and O–H groups in total. The summed E-state index contributed by atoms with van der Waals surface area (Å²) >= 11 is 0. The zero-order chi connectivity index (χ0) is 25.1. The minimum absolute atomic E-state index is 0.150. The van der Waals surface area contributed by atoms with Crippen LogP contribution in [0.1, 0.15) is 66.4 Å². The fourth-order valence-corrected chi connectivity index (χ4v) is 6.89. The second kappa shape index (κ2) is 8.62. The van der Waals surface area contributed by atoms with Crippen LogP contribution in [0.3, 0.4) is 0 Å². The Morgan fingerprint density at radius 3 is 1.81 bits per heavy atom. The standard InChI is InChI=1S/C32H32O4/c1-17-9-11-22(13-19(17)3)31(33)35-29-26-16-27(28-24-8-6-5-7-21(24)15-25(26)28)30(29)36-32(34)23-12-10-18(2)20(4)14-23/h5-14,25-30H,15-16H2,1-4H3/t25?,26?,27?,28?,29-,30+/m1/s1. The molecule has 4 heteroatoms. The largest absolute Gasteiger partial charge is 0.455 e. The molecule has 2 bridgehead atoms. The van der Waals surface area contributed by atoms with Crippen molar-refractivity contribution >= 4 is 11.9 Å². The van der Waals surface area contributed by atoms with Crippen LogP contribution < -0.4 is 0 Å². The Kier molecular flexibility index (Phi) is 5.51. The Balaban J connectivity index is 1.31. The van der Waals surface area contributed by atoms with E-state index in [4.69, 9.17) is 9.47 Å². The van der Waals surface area contributed by atoms with Gasteiger partial charge in [-0.25, -0.2) is 9.59 Å². The summed E-state index contributed by atoms with van der Waals surface area (Å²) in [5.41, 5.74) is 8.23. The molecular formula is C32H32O4. The summed E-state index contributed by atoms with van der Waals surface area (Å²) in [6.07, 6.45) is 1.03. The summed E-state index contributed by atoms with van der Waals surface area (Å²) in [4.78, 5) is 26.6. The van der Waals surface area contributed by atoms with Crippen molar-refractivity contribution in [3.63, 3.8) is 0 Å². The van der Waals surface area contributed by atoms with Crippen molar-refractivity contribution in [1.29, 1.82) is 0 Å². The zero-order valence-electron chi connectivity index (χ0n) is 21.3. The number of hydrogen-bond donors (Lipinski definition) is 0. The molecule has 3 aliphatic rings. The monoisotopic (exact) mass is 480 g/mol. The predicted molar refractivity (Wildman–Crippen MR) is 138 cm³/mol. The number of fused-ring (bicyclic) bond motifs is 7. The lowest BCUT2D eigenvalue weighted by Gasteiger charge is -2.37. The van der Waals surface area contributed by atoms with Crippen LogP contribution in [0.25, 0.3) is 0 Å². The van der Waals surface area contributed by atoms with E-state index < -0.39 is 12.2 Å². The minimum Gasteiger partial charge on any atom is -0.455 e. The minimum atomic E-state index is -0.452. The zero-order valence-corrected chi connectivity index (χ0v) is 21.3. The molecule has 0 radical (unpaired) electrons. The van der Waals surface area contributed by atoms with Crippen LogP contribution in [0.15, 0.2) is 60.7 Å². The Labute approximate surface area is 212 Å². The van der Waals surface area contributed by atoms with Crippen molar-refractivity contribution in [2.24, 2.45) is 17.8 Å². The van der Waals surface area contributed by atoms with Gasteiger partial charge in [0.2, 0.25) is 0 Å². The SMILES string of the molecule is Cc1ccc(C(=O)O[C@@H]2C3CC(C4c5ccccc5CC43)[C@@H]2OC(=O)c2ccc(C)c(C)c2)cc1C. The second-order valence-corrected chi connectivity index (χ2v) is 11.0. The number of aryl methyl sites for hydroxylation is 4. The first-order chi connectivity index (χ1) is 17.3. The molecule has 0 aliphatic heterocycles. The fourth-order valence-electron chi connectivity index (χ4n) is 6.89. The summed E-state index contributed by atoms with van der Waals surface area (Å²) in [5.74, 6) is 0.416. The number of carbonyl (C=O) groups is 2. The lowest BCUT2D eigenvalue weighted by molar-refractivity contribution is -0.0698. The topological polar surface area (TPSA) is 52.6 Å². The van der Waals surface area contributed by atoms with Crippen molar-refractivity contribution in [2.45, 2.75) is 58.7 Å². The Morgan fingerprint density at radius 2 is 1.22 bits per heavy atom. The van der Waals surface area contributed by atoms with Gasteiger partial charge in [0, 0.05) is 11.8 Å². The van der Waals surface area contributed by atoms with Crippen molar-refractivity contribution in [3.05, 3.63) is 105 Å². The third-order valence-electron chi connectivity index (χ3n) is 9.03. The molecule has 3 aromatic rings. The molecule has 3 aliphatic carbocycles. The lowest BCUT2D eigenvalue weighted by atomic mass is 9.76. The van der Waals surface area contributed by atoms with Gasteiger partial charge in [-0.3, -0.25) is 0 Å². The fraction of sp³-hybridized carbons (Fsp3) is 0.375. The van der Waals surface area contributed by atoms with Crippen molar-refractivity contribution in [2.75, 3.05) is 0 Å². The van der Waals surface area contributed by atoms with Gasteiger partial charge in [0.05, 0.1) is 11.1 Å². The number of rotatable bonds is 4. The maximum absolute atomic E-state index is 13.3. The average molecular weight is 481 g/mol. The third-order valence-corrected chi connectivity index (χ3v) is 9.03. The van der Waals surface area contributed by atoms with E-state index in [9.17, 15) is 9.59 Å². The highest BCUT2D eigenvalue weighted by molar-refractivity contribution is 5.91. The molecule has 0 aromatic heterocycles. The first kappa shape index (κ1) is 23.0. The van der Waals surface area contributed by atoms with Gasteiger partial charge >= 0.3 is 11.9 Å². The highest BCUT2D eigenvalue weighted by Crippen LogP contribution is 2.62. The molecule has 184 valence electrons. The summed E-state index contributed by atoms with van der Waals surface area (Å²) in [5, 5.41) is 0. The van der Waals surface area contributed by atoms with E-state index in [0.29, 0.717) is 23.0 Å². The molecule has 2 fully saturated rings. The van der Waals surface area contributed by atoms with Gasteiger partial charge in [-0.2, -0.15) is 0 Å². The Hall–Kier alpha value is -3.40. The highest BCUT2D eigenvalue weighted by atomic mass is 16.6. The number of esters is 2. The van der Waals surface area contributed by atoms with Crippen molar-refractivity contribution in [1.82, 2.24) is 0 Å². The van der Waals surface area contributed by atoms with Crippen LogP contribution in [0.2, 0.25) is 0 Å². The molecule has 6 atom stereocenters. The molecule has 4 nitrogen and oxygen atoms in total.